The average molecular weight is 292 g/mol. The number of benzene rings is 1. The Morgan fingerprint density at radius 1 is 1.33 bits per heavy atom. The van der Waals surface area contributed by atoms with Gasteiger partial charge in [-0.3, -0.25) is 4.79 Å². The number of ether oxygens (including phenoxy) is 1. The minimum Gasteiger partial charge on any atom is -0.481 e. The molecule has 4 heteroatoms. The van der Waals surface area contributed by atoms with Crippen molar-refractivity contribution < 1.29 is 9.53 Å². The van der Waals surface area contributed by atoms with Crippen molar-refractivity contribution in [2.24, 2.45) is 0 Å². The van der Waals surface area contributed by atoms with Crippen molar-refractivity contribution >= 4 is 5.91 Å². The van der Waals surface area contributed by atoms with Crippen molar-refractivity contribution in [3.8, 4) is 5.75 Å². The maximum absolute atomic E-state index is 12.0. The topological polar surface area (TPSA) is 50.4 Å². The Morgan fingerprint density at radius 2 is 2.05 bits per heavy atom. The van der Waals surface area contributed by atoms with Gasteiger partial charge in [0, 0.05) is 18.2 Å². The summed E-state index contributed by atoms with van der Waals surface area (Å²) in [7, 11) is 1.91. The summed E-state index contributed by atoms with van der Waals surface area (Å²) < 4.78 is 5.89. The van der Waals surface area contributed by atoms with E-state index in [4.69, 9.17) is 4.74 Å². The van der Waals surface area contributed by atoms with Crippen LogP contribution in [0.4, 0.5) is 0 Å². The summed E-state index contributed by atoms with van der Waals surface area (Å²) in [5.74, 6) is 0.711. The zero-order chi connectivity index (χ0) is 15.8. The molecular formula is C17H28N2O2. The lowest BCUT2D eigenvalue weighted by Gasteiger charge is -2.20. The van der Waals surface area contributed by atoms with Crippen LogP contribution in [0.1, 0.15) is 50.8 Å². The molecular weight excluding hydrogens is 264 g/mol. The van der Waals surface area contributed by atoms with Gasteiger partial charge < -0.3 is 15.4 Å². The minimum atomic E-state index is -0.494. The number of carbonyl (C=O) groups excluding carboxylic acids is 1. The third-order valence-corrected chi connectivity index (χ3v) is 3.57. The Balaban J connectivity index is 2.76. The maximum Gasteiger partial charge on any atom is 0.260 e. The maximum atomic E-state index is 12.0. The molecule has 0 aromatic heterocycles. The van der Waals surface area contributed by atoms with Crippen molar-refractivity contribution in [1.82, 2.24) is 10.6 Å². The highest BCUT2D eigenvalue weighted by Crippen LogP contribution is 2.27. The van der Waals surface area contributed by atoms with Crippen molar-refractivity contribution in [3.05, 3.63) is 29.3 Å². The van der Waals surface area contributed by atoms with Gasteiger partial charge in [0.1, 0.15) is 5.75 Å². The van der Waals surface area contributed by atoms with Crippen LogP contribution < -0.4 is 15.4 Å². The second kappa shape index (κ2) is 8.67. The molecule has 0 heterocycles. The first-order valence-corrected chi connectivity index (χ1v) is 7.71. The van der Waals surface area contributed by atoms with E-state index in [1.165, 1.54) is 0 Å². The molecule has 2 atom stereocenters. The van der Waals surface area contributed by atoms with Crippen molar-refractivity contribution in [2.45, 2.75) is 52.7 Å². The Hall–Kier alpha value is -1.55. The summed E-state index contributed by atoms with van der Waals surface area (Å²) in [6, 6.07) is 6.27. The van der Waals surface area contributed by atoms with E-state index in [0.717, 1.165) is 29.7 Å². The molecule has 0 bridgehead atoms. The van der Waals surface area contributed by atoms with Crippen LogP contribution >= 0.6 is 0 Å². The number of hydrogen-bond donors (Lipinski definition) is 2. The second-order valence-electron chi connectivity index (χ2n) is 5.46. The highest BCUT2D eigenvalue weighted by Gasteiger charge is 2.17. The molecule has 4 nitrogen and oxygen atoms in total. The van der Waals surface area contributed by atoms with Gasteiger partial charge in [0.25, 0.3) is 5.91 Å². The SMILES string of the molecule is CCCCNC(=O)C(C)Oc1cc(C)ccc1C(C)NC. The molecule has 2 N–H and O–H groups in total. The third-order valence-electron chi connectivity index (χ3n) is 3.57. The zero-order valence-corrected chi connectivity index (χ0v) is 13.8. The molecule has 0 aliphatic carbocycles. The van der Waals surface area contributed by atoms with Crippen LogP contribution in [0.15, 0.2) is 18.2 Å². The van der Waals surface area contributed by atoms with Gasteiger partial charge >= 0.3 is 0 Å². The molecule has 0 radical (unpaired) electrons. The first kappa shape index (κ1) is 17.5. The number of carbonyl (C=O) groups is 1. The van der Waals surface area contributed by atoms with Gasteiger partial charge in [-0.25, -0.2) is 0 Å². The smallest absolute Gasteiger partial charge is 0.260 e. The first-order chi connectivity index (χ1) is 9.99. The summed E-state index contributed by atoms with van der Waals surface area (Å²) in [6.07, 6.45) is 1.56. The number of unbranched alkanes of at least 4 members (excludes halogenated alkanes) is 1. The van der Waals surface area contributed by atoms with Crippen LogP contribution in [-0.2, 0) is 4.79 Å². The van der Waals surface area contributed by atoms with Gasteiger partial charge in [-0.1, -0.05) is 25.5 Å². The van der Waals surface area contributed by atoms with Crippen LogP contribution in [0.2, 0.25) is 0 Å². The van der Waals surface area contributed by atoms with E-state index in [9.17, 15) is 4.79 Å². The van der Waals surface area contributed by atoms with E-state index >= 15 is 0 Å². The van der Waals surface area contributed by atoms with E-state index in [1.807, 2.05) is 26.1 Å². The quantitative estimate of drug-likeness (QED) is 0.724. The fourth-order valence-electron chi connectivity index (χ4n) is 2.03. The van der Waals surface area contributed by atoms with Crippen LogP contribution in [-0.4, -0.2) is 25.6 Å². The Labute approximate surface area is 128 Å². The zero-order valence-electron chi connectivity index (χ0n) is 13.8. The van der Waals surface area contributed by atoms with Gasteiger partial charge in [-0.15, -0.1) is 0 Å². The van der Waals surface area contributed by atoms with E-state index < -0.39 is 6.10 Å². The monoisotopic (exact) mass is 292 g/mol. The first-order valence-electron chi connectivity index (χ1n) is 7.71. The van der Waals surface area contributed by atoms with Gasteiger partial charge in [0.2, 0.25) is 0 Å². The molecule has 21 heavy (non-hydrogen) atoms. The Kier molecular flexibility index (Phi) is 7.23. The molecule has 0 fully saturated rings. The molecule has 0 saturated heterocycles. The molecule has 0 aliphatic rings. The molecule has 0 spiro atoms. The molecule has 1 aromatic rings. The van der Waals surface area contributed by atoms with Crippen molar-refractivity contribution in [1.29, 1.82) is 0 Å². The van der Waals surface area contributed by atoms with Gasteiger partial charge in [-0.2, -0.15) is 0 Å². The van der Waals surface area contributed by atoms with Gasteiger partial charge in [0.15, 0.2) is 6.10 Å². The molecule has 2 unspecified atom stereocenters. The molecule has 1 rings (SSSR count). The lowest BCUT2D eigenvalue weighted by atomic mass is 10.1. The van der Waals surface area contributed by atoms with Crippen molar-refractivity contribution in [2.75, 3.05) is 13.6 Å². The minimum absolute atomic E-state index is 0.0620. The van der Waals surface area contributed by atoms with Gasteiger partial charge in [-0.05, 0) is 45.9 Å². The van der Waals surface area contributed by atoms with Crippen molar-refractivity contribution in [3.63, 3.8) is 0 Å². The van der Waals surface area contributed by atoms with E-state index in [1.54, 1.807) is 6.92 Å². The van der Waals surface area contributed by atoms with Crippen LogP contribution in [0.3, 0.4) is 0 Å². The highest BCUT2D eigenvalue weighted by atomic mass is 16.5. The molecule has 1 aromatic carbocycles. The standard InChI is InChI=1S/C17H28N2O2/c1-6-7-10-19-17(20)14(4)21-16-11-12(2)8-9-15(16)13(3)18-5/h8-9,11,13-14,18H,6-7,10H2,1-5H3,(H,19,20). The normalized spacial score (nSPS) is 13.6. The highest BCUT2D eigenvalue weighted by molar-refractivity contribution is 5.80. The average Bonchev–Trinajstić information content (AvgIpc) is 2.46. The molecule has 0 aliphatic heterocycles. The molecule has 1 amide bonds. The lowest BCUT2D eigenvalue weighted by molar-refractivity contribution is -0.127. The Bertz CT molecular complexity index is 460. The second-order valence-corrected chi connectivity index (χ2v) is 5.46. The summed E-state index contributed by atoms with van der Waals surface area (Å²) >= 11 is 0. The largest absolute Gasteiger partial charge is 0.481 e. The number of hydrogen-bond acceptors (Lipinski definition) is 3. The van der Waals surface area contributed by atoms with E-state index in [-0.39, 0.29) is 11.9 Å². The Morgan fingerprint density at radius 3 is 2.67 bits per heavy atom. The summed E-state index contributed by atoms with van der Waals surface area (Å²) in [6.45, 7) is 8.69. The molecule has 118 valence electrons. The fraction of sp³-hybridized carbons (Fsp3) is 0.588. The summed E-state index contributed by atoms with van der Waals surface area (Å²) in [5, 5.41) is 6.11. The van der Waals surface area contributed by atoms with Gasteiger partial charge in [0.05, 0.1) is 0 Å². The van der Waals surface area contributed by atoms with E-state index in [0.29, 0.717) is 6.54 Å². The van der Waals surface area contributed by atoms with Crippen LogP contribution in [0.5, 0.6) is 5.75 Å². The predicted octanol–water partition coefficient (Wildman–Crippen LogP) is 2.96. The predicted molar refractivity (Wildman–Crippen MR) is 86.7 cm³/mol. The van der Waals surface area contributed by atoms with Crippen LogP contribution in [0.25, 0.3) is 0 Å². The summed E-state index contributed by atoms with van der Waals surface area (Å²) in [5.41, 5.74) is 2.19. The summed E-state index contributed by atoms with van der Waals surface area (Å²) in [4.78, 5) is 12.0. The van der Waals surface area contributed by atoms with Crippen LogP contribution in [0, 0.1) is 6.92 Å². The number of amides is 1. The molecule has 0 saturated carbocycles. The number of aryl methyl sites for hydroxylation is 1. The number of rotatable bonds is 8. The third kappa shape index (κ3) is 5.38. The van der Waals surface area contributed by atoms with E-state index in [2.05, 4.69) is 30.5 Å². The fourth-order valence-corrected chi connectivity index (χ4v) is 2.03. The lowest BCUT2D eigenvalue weighted by Crippen LogP contribution is -2.37. The number of nitrogens with one attached hydrogen (secondary N) is 2.